The molecule has 0 saturated carbocycles. The molecule has 2 aromatic heterocycles. The van der Waals surface area contributed by atoms with Crippen molar-refractivity contribution < 1.29 is 0 Å². The van der Waals surface area contributed by atoms with Gasteiger partial charge in [0.15, 0.2) is 0 Å². The second kappa shape index (κ2) is 5.17. The van der Waals surface area contributed by atoms with Crippen molar-refractivity contribution in [3.8, 4) is 10.6 Å². The number of H-pyrrole nitrogens is 1. The summed E-state index contributed by atoms with van der Waals surface area (Å²) in [6, 6.07) is 8.65. The summed E-state index contributed by atoms with van der Waals surface area (Å²) >= 11 is 1.79. The minimum absolute atomic E-state index is 1.18. The summed E-state index contributed by atoms with van der Waals surface area (Å²) in [6.07, 6.45) is 5.09. The number of rotatable bonds is 5. The quantitative estimate of drug-likeness (QED) is 0.714. The summed E-state index contributed by atoms with van der Waals surface area (Å²) in [6.45, 7) is 2.24. The molecule has 0 unspecified atom stereocenters. The fourth-order valence-corrected chi connectivity index (χ4v) is 2.43. The Morgan fingerprint density at radius 1 is 1.20 bits per heavy atom. The summed E-state index contributed by atoms with van der Waals surface area (Å²) < 4.78 is 0. The van der Waals surface area contributed by atoms with E-state index in [1.807, 2.05) is 0 Å². The number of aryl methyl sites for hydroxylation is 1. The van der Waals surface area contributed by atoms with Gasteiger partial charge in [-0.05, 0) is 36.4 Å². The van der Waals surface area contributed by atoms with E-state index < -0.39 is 0 Å². The zero-order valence-corrected chi connectivity index (χ0v) is 9.94. The summed E-state index contributed by atoms with van der Waals surface area (Å²) in [5.74, 6) is 0. The Morgan fingerprint density at radius 3 is 2.87 bits per heavy atom. The van der Waals surface area contributed by atoms with Crippen LogP contribution in [0.3, 0.4) is 0 Å². The van der Waals surface area contributed by atoms with E-state index in [0.717, 1.165) is 0 Å². The lowest BCUT2D eigenvalue weighted by Crippen LogP contribution is -1.85. The fourth-order valence-electron chi connectivity index (χ4n) is 1.73. The number of hydrogen-bond donors (Lipinski definition) is 1. The van der Waals surface area contributed by atoms with E-state index in [2.05, 4.69) is 41.6 Å². The Bertz CT molecular complexity index is 386. The molecule has 1 nitrogen and oxygen atoms in total. The first-order chi connectivity index (χ1) is 7.40. The van der Waals surface area contributed by atoms with Gasteiger partial charge in [0.05, 0.1) is 10.6 Å². The molecule has 0 saturated heterocycles. The van der Waals surface area contributed by atoms with Gasteiger partial charge in [-0.3, -0.25) is 0 Å². The zero-order valence-electron chi connectivity index (χ0n) is 9.12. The lowest BCUT2D eigenvalue weighted by molar-refractivity contribution is 0.710. The van der Waals surface area contributed by atoms with Gasteiger partial charge < -0.3 is 4.98 Å². The van der Waals surface area contributed by atoms with Crippen molar-refractivity contribution in [2.75, 3.05) is 0 Å². The largest absolute Gasteiger partial charge is 0.358 e. The Kier molecular flexibility index (Phi) is 3.62. The highest BCUT2D eigenvalue weighted by Gasteiger charge is 2.01. The molecule has 0 aliphatic rings. The second-order valence-corrected chi connectivity index (χ2v) is 4.78. The summed E-state index contributed by atoms with van der Waals surface area (Å²) in [5.41, 5.74) is 2.63. The normalized spacial score (nSPS) is 10.7. The van der Waals surface area contributed by atoms with E-state index in [4.69, 9.17) is 0 Å². The van der Waals surface area contributed by atoms with Crippen LogP contribution in [0.15, 0.2) is 29.6 Å². The highest BCUT2D eigenvalue weighted by molar-refractivity contribution is 7.13. The maximum absolute atomic E-state index is 3.48. The van der Waals surface area contributed by atoms with Crippen molar-refractivity contribution in [3.63, 3.8) is 0 Å². The molecule has 2 aromatic rings. The minimum Gasteiger partial charge on any atom is -0.358 e. The summed E-state index contributed by atoms with van der Waals surface area (Å²) in [7, 11) is 0. The van der Waals surface area contributed by atoms with E-state index in [0.29, 0.717) is 0 Å². The molecule has 0 bridgehead atoms. The Balaban J connectivity index is 1.98. The van der Waals surface area contributed by atoms with Crippen LogP contribution in [-0.4, -0.2) is 4.98 Å². The first-order valence-electron chi connectivity index (χ1n) is 5.62. The van der Waals surface area contributed by atoms with Crippen LogP contribution in [0.4, 0.5) is 0 Å². The third-order valence-corrected chi connectivity index (χ3v) is 3.49. The Morgan fingerprint density at radius 2 is 2.13 bits per heavy atom. The van der Waals surface area contributed by atoms with E-state index in [-0.39, 0.29) is 0 Å². The van der Waals surface area contributed by atoms with Crippen LogP contribution < -0.4 is 0 Å². The van der Waals surface area contributed by atoms with Crippen LogP contribution in [0.5, 0.6) is 0 Å². The van der Waals surface area contributed by atoms with Gasteiger partial charge in [0.2, 0.25) is 0 Å². The maximum Gasteiger partial charge on any atom is 0.0557 e. The number of thiophene rings is 1. The molecular weight excluding hydrogens is 202 g/mol. The number of unbranched alkanes of at least 4 members (excludes halogenated alkanes) is 2. The number of aromatic nitrogens is 1. The van der Waals surface area contributed by atoms with Crippen LogP contribution in [0.2, 0.25) is 0 Å². The molecule has 0 aliphatic heterocycles. The molecule has 0 spiro atoms. The monoisotopic (exact) mass is 219 g/mol. The van der Waals surface area contributed by atoms with Crippen molar-refractivity contribution in [1.82, 2.24) is 4.98 Å². The third kappa shape index (κ3) is 2.72. The molecule has 0 atom stereocenters. The third-order valence-electron chi connectivity index (χ3n) is 2.58. The molecule has 0 fully saturated rings. The van der Waals surface area contributed by atoms with Gasteiger partial charge in [-0.2, -0.15) is 0 Å². The van der Waals surface area contributed by atoms with Crippen molar-refractivity contribution in [2.45, 2.75) is 32.6 Å². The fraction of sp³-hybridized carbons (Fsp3) is 0.385. The topological polar surface area (TPSA) is 15.8 Å². The maximum atomic E-state index is 3.48. The standard InChI is InChI=1S/C13H17NS/c1-2-3-4-6-11-8-9-12(14-11)13-7-5-10-15-13/h5,7-10,14H,2-4,6H2,1H3. The number of aromatic amines is 1. The predicted octanol–water partition coefficient (Wildman–Crippen LogP) is 4.48. The number of hydrogen-bond acceptors (Lipinski definition) is 1. The second-order valence-electron chi connectivity index (χ2n) is 3.83. The van der Waals surface area contributed by atoms with Crippen LogP contribution in [-0.2, 0) is 6.42 Å². The first kappa shape index (κ1) is 10.5. The molecule has 2 rings (SSSR count). The molecular formula is C13H17NS. The van der Waals surface area contributed by atoms with E-state index in [1.54, 1.807) is 11.3 Å². The SMILES string of the molecule is CCCCCc1ccc(-c2cccs2)[nH]1. The minimum atomic E-state index is 1.18. The predicted molar refractivity (Wildman–Crippen MR) is 67.3 cm³/mol. The highest BCUT2D eigenvalue weighted by Crippen LogP contribution is 2.24. The van der Waals surface area contributed by atoms with E-state index in [9.17, 15) is 0 Å². The van der Waals surface area contributed by atoms with Crippen molar-refractivity contribution in [1.29, 1.82) is 0 Å². The molecule has 0 aliphatic carbocycles. The molecule has 1 N–H and O–H groups in total. The molecule has 2 heteroatoms. The molecule has 0 radical (unpaired) electrons. The van der Waals surface area contributed by atoms with Gasteiger partial charge in [-0.15, -0.1) is 11.3 Å². The molecule has 2 heterocycles. The van der Waals surface area contributed by atoms with Crippen molar-refractivity contribution >= 4 is 11.3 Å². The van der Waals surface area contributed by atoms with Gasteiger partial charge in [0.1, 0.15) is 0 Å². The first-order valence-corrected chi connectivity index (χ1v) is 6.50. The number of nitrogens with one attached hydrogen (secondary N) is 1. The van der Waals surface area contributed by atoms with Crippen molar-refractivity contribution in [2.24, 2.45) is 0 Å². The van der Waals surface area contributed by atoms with E-state index >= 15 is 0 Å². The van der Waals surface area contributed by atoms with Crippen LogP contribution in [0.25, 0.3) is 10.6 Å². The van der Waals surface area contributed by atoms with Crippen LogP contribution in [0.1, 0.15) is 31.9 Å². The molecule has 0 amide bonds. The molecule has 80 valence electrons. The summed E-state index contributed by atoms with van der Waals surface area (Å²) in [4.78, 5) is 4.82. The van der Waals surface area contributed by atoms with Gasteiger partial charge >= 0.3 is 0 Å². The van der Waals surface area contributed by atoms with E-state index in [1.165, 1.54) is 41.9 Å². The van der Waals surface area contributed by atoms with Gasteiger partial charge in [0.25, 0.3) is 0 Å². The zero-order chi connectivity index (χ0) is 10.5. The average Bonchev–Trinajstić information content (AvgIpc) is 2.87. The van der Waals surface area contributed by atoms with Crippen LogP contribution in [0, 0.1) is 0 Å². The van der Waals surface area contributed by atoms with Gasteiger partial charge in [-0.1, -0.05) is 25.8 Å². The van der Waals surface area contributed by atoms with Crippen LogP contribution >= 0.6 is 11.3 Å². The average molecular weight is 219 g/mol. The van der Waals surface area contributed by atoms with Gasteiger partial charge in [0, 0.05) is 5.69 Å². The van der Waals surface area contributed by atoms with Gasteiger partial charge in [-0.25, -0.2) is 0 Å². The molecule has 0 aromatic carbocycles. The lowest BCUT2D eigenvalue weighted by Gasteiger charge is -1.96. The highest BCUT2D eigenvalue weighted by atomic mass is 32.1. The Labute approximate surface area is 95.2 Å². The lowest BCUT2D eigenvalue weighted by atomic mass is 10.2. The Hall–Kier alpha value is -1.02. The smallest absolute Gasteiger partial charge is 0.0557 e. The van der Waals surface area contributed by atoms with Crippen molar-refractivity contribution in [3.05, 3.63) is 35.3 Å². The molecule has 15 heavy (non-hydrogen) atoms. The summed E-state index contributed by atoms with van der Waals surface area (Å²) in [5, 5.41) is 2.12.